The van der Waals surface area contributed by atoms with Gasteiger partial charge in [0.2, 0.25) is 0 Å². The molecule has 24 heavy (non-hydrogen) atoms. The summed E-state index contributed by atoms with van der Waals surface area (Å²) in [5, 5.41) is 0. The zero-order valence-corrected chi connectivity index (χ0v) is 16.1. The largest absolute Gasteiger partial charge is 0.445 e. The first-order chi connectivity index (χ1) is 11.1. The molecule has 0 saturated carbocycles. The molecule has 5 nitrogen and oxygen atoms in total. The number of sulfone groups is 1. The van der Waals surface area contributed by atoms with Crippen LogP contribution in [0.2, 0.25) is 0 Å². The fraction of sp³-hybridized carbons (Fsp3) is 0.611. The molecule has 1 aromatic rings. The molecule has 0 spiro atoms. The Labute approximate surface area is 145 Å². The third-order valence-electron chi connectivity index (χ3n) is 4.06. The van der Waals surface area contributed by atoms with Crippen molar-refractivity contribution in [2.75, 3.05) is 18.6 Å². The quantitative estimate of drug-likeness (QED) is 0.715. The summed E-state index contributed by atoms with van der Waals surface area (Å²) in [6, 6.07) is 7.90. The van der Waals surface area contributed by atoms with E-state index in [-0.39, 0.29) is 24.9 Å². The average molecular weight is 356 g/mol. The second kappa shape index (κ2) is 9.06. The summed E-state index contributed by atoms with van der Waals surface area (Å²) in [5.74, 6) is 0.395. The number of hydrogen-bond acceptors (Lipinski definition) is 4. The molecule has 1 atom stereocenters. The van der Waals surface area contributed by atoms with Crippen molar-refractivity contribution in [3.63, 3.8) is 0 Å². The van der Waals surface area contributed by atoms with Crippen LogP contribution in [0.4, 0.5) is 4.79 Å². The molecule has 6 heteroatoms. The topological polar surface area (TPSA) is 63.7 Å². The highest BCUT2D eigenvalue weighted by atomic mass is 32.2. The SMILES string of the molecule is CCC(C)c1cccc(COC(=O)N(CCS(C)(=O)=O)C(C)C)c1. The molecule has 0 heterocycles. The predicted molar refractivity (Wildman–Crippen MR) is 96.9 cm³/mol. The summed E-state index contributed by atoms with van der Waals surface area (Å²) in [7, 11) is -3.12. The number of hydrogen-bond donors (Lipinski definition) is 0. The molecule has 0 aliphatic rings. The molecule has 0 aliphatic heterocycles. The minimum atomic E-state index is -3.12. The van der Waals surface area contributed by atoms with E-state index in [0.717, 1.165) is 18.2 Å². The number of rotatable bonds is 8. The molecule has 0 aromatic heterocycles. The van der Waals surface area contributed by atoms with Gasteiger partial charge < -0.3 is 9.64 Å². The summed E-state index contributed by atoms with van der Waals surface area (Å²) in [6.07, 6.45) is 1.73. The van der Waals surface area contributed by atoms with Gasteiger partial charge in [0, 0.05) is 18.8 Å². The van der Waals surface area contributed by atoms with Gasteiger partial charge in [-0.2, -0.15) is 0 Å². The first-order valence-electron chi connectivity index (χ1n) is 8.34. The molecule has 0 saturated heterocycles. The van der Waals surface area contributed by atoms with E-state index < -0.39 is 15.9 Å². The van der Waals surface area contributed by atoms with Crippen LogP contribution in [0.3, 0.4) is 0 Å². The lowest BCUT2D eigenvalue weighted by molar-refractivity contribution is 0.0884. The van der Waals surface area contributed by atoms with Crippen LogP contribution in [0.25, 0.3) is 0 Å². The van der Waals surface area contributed by atoms with Gasteiger partial charge in [0.15, 0.2) is 0 Å². The minimum Gasteiger partial charge on any atom is -0.445 e. The van der Waals surface area contributed by atoms with Crippen molar-refractivity contribution in [2.24, 2.45) is 0 Å². The lowest BCUT2D eigenvalue weighted by Crippen LogP contribution is -2.40. The van der Waals surface area contributed by atoms with Crippen molar-refractivity contribution in [3.8, 4) is 0 Å². The number of nitrogens with zero attached hydrogens (tertiary/aromatic N) is 1. The van der Waals surface area contributed by atoms with Gasteiger partial charge in [0.1, 0.15) is 16.4 Å². The van der Waals surface area contributed by atoms with Gasteiger partial charge in [-0.1, -0.05) is 38.1 Å². The Bertz CT molecular complexity index is 640. The van der Waals surface area contributed by atoms with Crippen LogP contribution >= 0.6 is 0 Å². The van der Waals surface area contributed by atoms with E-state index in [4.69, 9.17) is 4.74 Å². The van der Waals surface area contributed by atoms with Crippen molar-refractivity contribution < 1.29 is 17.9 Å². The highest BCUT2D eigenvalue weighted by Crippen LogP contribution is 2.20. The number of amides is 1. The molecular formula is C18H29NO4S. The van der Waals surface area contributed by atoms with E-state index in [1.807, 2.05) is 26.0 Å². The van der Waals surface area contributed by atoms with Gasteiger partial charge in [0.05, 0.1) is 5.75 Å². The van der Waals surface area contributed by atoms with Crippen molar-refractivity contribution in [1.82, 2.24) is 4.90 Å². The monoisotopic (exact) mass is 355 g/mol. The Hall–Kier alpha value is -1.56. The van der Waals surface area contributed by atoms with E-state index in [1.165, 1.54) is 10.5 Å². The highest BCUT2D eigenvalue weighted by Gasteiger charge is 2.20. The van der Waals surface area contributed by atoms with Crippen LogP contribution in [0, 0.1) is 0 Å². The highest BCUT2D eigenvalue weighted by molar-refractivity contribution is 7.90. The second-order valence-electron chi connectivity index (χ2n) is 6.53. The van der Waals surface area contributed by atoms with Crippen LogP contribution in [0.15, 0.2) is 24.3 Å². The van der Waals surface area contributed by atoms with Crippen molar-refractivity contribution >= 4 is 15.9 Å². The lowest BCUT2D eigenvalue weighted by atomic mass is 9.97. The minimum absolute atomic E-state index is 0.0657. The molecule has 1 amide bonds. The Morgan fingerprint density at radius 2 is 1.92 bits per heavy atom. The van der Waals surface area contributed by atoms with E-state index in [1.54, 1.807) is 0 Å². The van der Waals surface area contributed by atoms with Crippen molar-refractivity contribution in [2.45, 2.75) is 52.7 Å². The van der Waals surface area contributed by atoms with Gasteiger partial charge in [-0.3, -0.25) is 0 Å². The number of carbonyl (C=O) groups excluding carboxylic acids is 1. The molecule has 0 aliphatic carbocycles. The first-order valence-corrected chi connectivity index (χ1v) is 10.4. The molecule has 0 radical (unpaired) electrons. The molecule has 0 fully saturated rings. The molecule has 0 bridgehead atoms. The van der Waals surface area contributed by atoms with Crippen LogP contribution in [-0.4, -0.2) is 44.0 Å². The number of ether oxygens (including phenoxy) is 1. The summed E-state index contributed by atoms with van der Waals surface area (Å²) in [5.41, 5.74) is 2.16. The third kappa shape index (κ3) is 6.91. The molecule has 1 aromatic carbocycles. The zero-order chi connectivity index (χ0) is 18.3. The molecule has 136 valence electrons. The van der Waals surface area contributed by atoms with E-state index >= 15 is 0 Å². The number of benzene rings is 1. The molecule has 0 N–H and O–H groups in total. The second-order valence-corrected chi connectivity index (χ2v) is 8.79. The Morgan fingerprint density at radius 3 is 2.46 bits per heavy atom. The lowest BCUT2D eigenvalue weighted by Gasteiger charge is -2.25. The fourth-order valence-corrected chi connectivity index (χ4v) is 2.81. The third-order valence-corrected chi connectivity index (χ3v) is 4.98. The van der Waals surface area contributed by atoms with Crippen LogP contribution in [0.1, 0.15) is 51.2 Å². The van der Waals surface area contributed by atoms with E-state index in [9.17, 15) is 13.2 Å². The smallest absolute Gasteiger partial charge is 0.410 e. The zero-order valence-electron chi connectivity index (χ0n) is 15.3. The normalized spacial score (nSPS) is 12.9. The van der Waals surface area contributed by atoms with Crippen LogP contribution < -0.4 is 0 Å². The maximum atomic E-state index is 12.3. The Balaban J connectivity index is 2.68. The first kappa shape index (κ1) is 20.5. The Morgan fingerprint density at radius 1 is 1.25 bits per heavy atom. The van der Waals surface area contributed by atoms with Gasteiger partial charge in [0.25, 0.3) is 0 Å². The maximum Gasteiger partial charge on any atom is 0.410 e. The van der Waals surface area contributed by atoms with Crippen LogP contribution in [-0.2, 0) is 21.2 Å². The summed E-state index contributed by atoms with van der Waals surface area (Å²) >= 11 is 0. The van der Waals surface area contributed by atoms with Gasteiger partial charge in [-0.25, -0.2) is 13.2 Å². The molecule has 1 rings (SSSR count). The van der Waals surface area contributed by atoms with Gasteiger partial charge in [-0.15, -0.1) is 0 Å². The van der Waals surface area contributed by atoms with E-state index in [0.29, 0.717) is 5.92 Å². The Kier molecular flexibility index (Phi) is 7.73. The fourth-order valence-electron chi connectivity index (χ4n) is 2.28. The predicted octanol–water partition coefficient (Wildman–Crippen LogP) is 3.59. The van der Waals surface area contributed by atoms with Gasteiger partial charge in [-0.05, 0) is 37.3 Å². The van der Waals surface area contributed by atoms with Crippen molar-refractivity contribution in [3.05, 3.63) is 35.4 Å². The molecule has 1 unspecified atom stereocenters. The molecular weight excluding hydrogens is 326 g/mol. The van der Waals surface area contributed by atoms with Gasteiger partial charge >= 0.3 is 6.09 Å². The average Bonchev–Trinajstić information content (AvgIpc) is 2.51. The van der Waals surface area contributed by atoms with E-state index in [2.05, 4.69) is 26.0 Å². The summed E-state index contributed by atoms with van der Waals surface area (Å²) < 4.78 is 28.0. The van der Waals surface area contributed by atoms with Crippen molar-refractivity contribution in [1.29, 1.82) is 0 Å². The summed E-state index contributed by atoms with van der Waals surface area (Å²) in [6.45, 7) is 8.31. The number of carbonyl (C=O) groups is 1. The summed E-state index contributed by atoms with van der Waals surface area (Å²) in [4.78, 5) is 13.7. The maximum absolute atomic E-state index is 12.3. The van der Waals surface area contributed by atoms with Crippen LogP contribution in [0.5, 0.6) is 0 Å². The standard InChI is InChI=1S/C18H29NO4S/c1-6-15(4)17-9-7-8-16(12-17)13-23-18(20)19(14(2)3)10-11-24(5,21)22/h7-9,12,14-15H,6,10-11,13H2,1-5H3.